The van der Waals surface area contributed by atoms with Crippen LogP contribution >= 0.6 is 0 Å². The van der Waals surface area contributed by atoms with E-state index in [-0.39, 0.29) is 17.4 Å². The van der Waals surface area contributed by atoms with Crippen LogP contribution in [0.15, 0.2) is 24.3 Å². The summed E-state index contributed by atoms with van der Waals surface area (Å²) in [5, 5.41) is 5.60. The number of Topliss-reactive ketones (excluding diaryl/α,β-unsaturated/α-hetero) is 1. The fraction of sp³-hybridized carbons (Fsp3) is 0.500. The summed E-state index contributed by atoms with van der Waals surface area (Å²) in [5.74, 6) is 0.750. The van der Waals surface area contributed by atoms with Crippen LogP contribution in [-0.4, -0.2) is 24.0 Å². The molecule has 0 unspecified atom stereocenters. The Hall–Kier alpha value is -2.04. The van der Waals surface area contributed by atoms with Gasteiger partial charge in [-0.15, -0.1) is 0 Å². The lowest BCUT2D eigenvalue weighted by Crippen LogP contribution is -2.43. The van der Waals surface area contributed by atoms with Gasteiger partial charge in [-0.1, -0.05) is 12.1 Å². The van der Waals surface area contributed by atoms with E-state index < -0.39 is 0 Å². The number of hydrogen-bond donors (Lipinski definition) is 2. The van der Waals surface area contributed by atoms with Crippen LogP contribution < -0.4 is 15.4 Å². The fourth-order valence-corrected chi connectivity index (χ4v) is 1.69. The van der Waals surface area contributed by atoms with Gasteiger partial charge in [-0.25, -0.2) is 4.79 Å². The number of nitrogens with one attached hydrogen (secondary N) is 2. The molecule has 5 nitrogen and oxygen atoms in total. The highest BCUT2D eigenvalue weighted by Gasteiger charge is 2.14. The quantitative estimate of drug-likeness (QED) is 0.790. The van der Waals surface area contributed by atoms with Crippen molar-refractivity contribution in [1.82, 2.24) is 5.32 Å². The molecule has 0 aliphatic rings. The largest absolute Gasteiger partial charge is 0.491 e. The lowest BCUT2D eigenvalue weighted by molar-refractivity contribution is -0.117. The van der Waals surface area contributed by atoms with Gasteiger partial charge in [0.05, 0.1) is 12.3 Å². The van der Waals surface area contributed by atoms with Gasteiger partial charge in [0.25, 0.3) is 0 Å². The minimum Gasteiger partial charge on any atom is -0.491 e. The fourth-order valence-electron chi connectivity index (χ4n) is 1.69. The highest BCUT2D eigenvalue weighted by atomic mass is 16.5. The van der Waals surface area contributed by atoms with Crippen LogP contribution in [0, 0.1) is 0 Å². The number of benzene rings is 1. The van der Waals surface area contributed by atoms with E-state index in [2.05, 4.69) is 10.6 Å². The van der Waals surface area contributed by atoms with E-state index in [1.807, 2.05) is 32.9 Å². The molecule has 0 saturated heterocycles. The van der Waals surface area contributed by atoms with Crippen molar-refractivity contribution in [2.75, 3.05) is 11.9 Å². The van der Waals surface area contributed by atoms with Gasteiger partial charge in [0.2, 0.25) is 0 Å². The summed E-state index contributed by atoms with van der Waals surface area (Å²) < 4.78 is 5.62. The number of para-hydroxylation sites is 2. The minimum absolute atomic E-state index is 0.148. The second-order valence-electron chi connectivity index (χ2n) is 5.98. The normalized spacial score (nSPS) is 10.9. The third-order valence-corrected chi connectivity index (χ3v) is 2.55. The number of carbonyl (C=O) groups excluding carboxylic acids is 2. The van der Waals surface area contributed by atoms with Crippen molar-refractivity contribution in [1.29, 1.82) is 0 Å². The number of carbonyl (C=O) groups is 2. The molecule has 0 bridgehead atoms. The van der Waals surface area contributed by atoms with Crippen LogP contribution in [0.3, 0.4) is 0 Å². The summed E-state index contributed by atoms with van der Waals surface area (Å²) in [6, 6.07) is 6.97. The van der Waals surface area contributed by atoms with Crippen LogP contribution in [0.2, 0.25) is 0 Å². The molecule has 0 heterocycles. The molecule has 0 radical (unpaired) electrons. The van der Waals surface area contributed by atoms with E-state index in [0.29, 0.717) is 30.9 Å². The Bertz CT molecular complexity index is 493. The van der Waals surface area contributed by atoms with Crippen LogP contribution in [0.4, 0.5) is 10.5 Å². The first kappa shape index (κ1) is 17.0. The van der Waals surface area contributed by atoms with Crippen molar-refractivity contribution >= 4 is 17.5 Å². The van der Waals surface area contributed by atoms with Gasteiger partial charge in [-0.2, -0.15) is 0 Å². The van der Waals surface area contributed by atoms with Crippen molar-refractivity contribution in [2.45, 2.75) is 46.1 Å². The number of urea groups is 1. The molecule has 0 aliphatic carbocycles. The predicted molar refractivity (Wildman–Crippen MR) is 83.8 cm³/mol. The SMILES string of the molecule is CC(=O)CCCOc1ccccc1NC(=O)NC(C)(C)C. The molecular weight excluding hydrogens is 268 g/mol. The van der Waals surface area contributed by atoms with Crippen LogP contribution in [0.1, 0.15) is 40.5 Å². The van der Waals surface area contributed by atoms with Gasteiger partial charge in [0, 0.05) is 12.0 Å². The Balaban J connectivity index is 2.58. The molecule has 1 rings (SSSR count). The zero-order valence-corrected chi connectivity index (χ0v) is 13.2. The van der Waals surface area contributed by atoms with E-state index in [9.17, 15) is 9.59 Å². The number of ketones is 1. The maximum atomic E-state index is 11.9. The number of anilines is 1. The van der Waals surface area contributed by atoms with Crippen LogP contribution in [0.25, 0.3) is 0 Å². The summed E-state index contributed by atoms with van der Waals surface area (Å²) >= 11 is 0. The zero-order valence-electron chi connectivity index (χ0n) is 13.2. The van der Waals surface area contributed by atoms with E-state index in [1.165, 1.54) is 0 Å². The van der Waals surface area contributed by atoms with E-state index in [4.69, 9.17) is 4.74 Å². The highest BCUT2D eigenvalue weighted by Crippen LogP contribution is 2.24. The maximum absolute atomic E-state index is 11.9. The third kappa shape index (κ3) is 7.34. The molecule has 0 aliphatic heterocycles. The summed E-state index contributed by atoms with van der Waals surface area (Å²) in [6.45, 7) is 7.75. The molecule has 2 N–H and O–H groups in total. The second-order valence-corrected chi connectivity index (χ2v) is 5.98. The van der Waals surface area contributed by atoms with E-state index >= 15 is 0 Å². The molecule has 0 fully saturated rings. The smallest absolute Gasteiger partial charge is 0.319 e. The van der Waals surface area contributed by atoms with Gasteiger partial charge >= 0.3 is 6.03 Å². The molecule has 0 aromatic heterocycles. The third-order valence-electron chi connectivity index (χ3n) is 2.55. The lowest BCUT2D eigenvalue weighted by atomic mass is 10.1. The Morgan fingerprint density at radius 1 is 1.19 bits per heavy atom. The average molecular weight is 292 g/mol. The summed E-state index contributed by atoms with van der Waals surface area (Å²) in [6.07, 6.45) is 1.16. The van der Waals surface area contributed by atoms with Crippen molar-refractivity contribution in [3.05, 3.63) is 24.3 Å². The van der Waals surface area contributed by atoms with Gasteiger partial charge in [0.15, 0.2) is 0 Å². The number of rotatable bonds is 6. The lowest BCUT2D eigenvalue weighted by Gasteiger charge is -2.21. The molecule has 5 heteroatoms. The number of ether oxygens (including phenoxy) is 1. The Labute approximate surface area is 126 Å². The minimum atomic E-state index is -0.304. The molecule has 0 spiro atoms. The molecular formula is C16H24N2O3. The highest BCUT2D eigenvalue weighted by molar-refractivity contribution is 5.91. The van der Waals surface area contributed by atoms with Gasteiger partial charge in [-0.3, -0.25) is 0 Å². The van der Waals surface area contributed by atoms with E-state index in [0.717, 1.165) is 0 Å². The molecule has 2 amide bonds. The second kappa shape index (κ2) is 7.67. The monoisotopic (exact) mass is 292 g/mol. The summed E-state index contributed by atoms with van der Waals surface area (Å²) in [5.41, 5.74) is 0.309. The van der Waals surface area contributed by atoms with Crippen LogP contribution in [0.5, 0.6) is 5.75 Å². The molecule has 1 aromatic rings. The Morgan fingerprint density at radius 3 is 2.48 bits per heavy atom. The first-order chi connectivity index (χ1) is 9.78. The topological polar surface area (TPSA) is 67.4 Å². The number of amides is 2. The summed E-state index contributed by atoms with van der Waals surface area (Å²) in [7, 11) is 0. The zero-order chi connectivity index (χ0) is 15.9. The molecule has 21 heavy (non-hydrogen) atoms. The first-order valence-corrected chi connectivity index (χ1v) is 7.08. The predicted octanol–water partition coefficient (Wildman–Crippen LogP) is 3.35. The van der Waals surface area contributed by atoms with E-state index in [1.54, 1.807) is 19.1 Å². The standard InChI is InChI=1S/C16H24N2O3/c1-12(19)8-7-11-21-14-10-6-5-9-13(14)17-15(20)18-16(2,3)4/h5-6,9-10H,7-8,11H2,1-4H3,(H2,17,18,20). The van der Waals surface area contributed by atoms with Crippen molar-refractivity contribution in [3.8, 4) is 5.75 Å². The van der Waals surface area contributed by atoms with Gasteiger partial charge in [-0.05, 0) is 46.2 Å². The van der Waals surface area contributed by atoms with Crippen LogP contribution in [-0.2, 0) is 4.79 Å². The number of hydrogen-bond acceptors (Lipinski definition) is 3. The Kier molecular flexibility index (Phi) is 6.21. The molecule has 0 atom stereocenters. The van der Waals surface area contributed by atoms with Gasteiger partial charge in [0.1, 0.15) is 11.5 Å². The molecule has 0 saturated carbocycles. The maximum Gasteiger partial charge on any atom is 0.319 e. The Morgan fingerprint density at radius 2 is 1.86 bits per heavy atom. The van der Waals surface area contributed by atoms with Crippen molar-refractivity contribution in [2.24, 2.45) is 0 Å². The van der Waals surface area contributed by atoms with Crippen molar-refractivity contribution in [3.63, 3.8) is 0 Å². The summed E-state index contributed by atoms with van der Waals surface area (Å²) in [4.78, 5) is 22.8. The average Bonchev–Trinajstić information content (AvgIpc) is 2.33. The first-order valence-electron chi connectivity index (χ1n) is 7.08. The molecule has 116 valence electrons. The molecule has 1 aromatic carbocycles. The van der Waals surface area contributed by atoms with Crippen molar-refractivity contribution < 1.29 is 14.3 Å². The van der Waals surface area contributed by atoms with Gasteiger partial charge < -0.3 is 20.2 Å².